The number of ether oxygens (including phenoxy) is 1. The molecule has 5 heteroatoms. The summed E-state index contributed by atoms with van der Waals surface area (Å²) < 4.78 is 5.73. The zero-order valence-electron chi connectivity index (χ0n) is 13.0. The summed E-state index contributed by atoms with van der Waals surface area (Å²) >= 11 is 1.58. The van der Waals surface area contributed by atoms with Crippen molar-refractivity contribution in [2.45, 2.75) is 19.3 Å². The second-order valence-corrected chi connectivity index (χ2v) is 6.72. The number of thiazole rings is 1. The lowest BCUT2D eigenvalue weighted by Gasteiger charge is -2.06. The molecule has 3 aromatic rings. The van der Waals surface area contributed by atoms with E-state index in [4.69, 9.17) is 4.74 Å². The van der Waals surface area contributed by atoms with Gasteiger partial charge in [-0.1, -0.05) is 18.2 Å². The minimum absolute atomic E-state index is 0.145. The number of carbonyl (C=O) groups is 1. The number of aromatic nitrogens is 1. The predicted molar refractivity (Wildman–Crippen MR) is 95.1 cm³/mol. The first-order chi connectivity index (χ1) is 11.8. The molecule has 0 atom stereocenters. The summed E-state index contributed by atoms with van der Waals surface area (Å²) in [7, 11) is 0. The Balaban J connectivity index is 1.43. The molecule has 1 N–H and O–H groups in total. The Kier molecular flexibility index (Phi) is 4.01. The Morgan fingerprint density at radius 1 is 1.00 bits per heavy atom. The van der Waals surface area contributed by atoms with Crippen LogP contribution in [0.3, 0.4) is 0 Å². The van der Waals surface area contributed by atoms with Crippen LogP contribution in [0.25, 0.3) is 0 Å². The van der Waals surface area contributed by atoms with Gasteiger partial charge in [-0.25, -0.2) is 4.98 Å². The van der Waals surface area contributed by atoms with Gasteiger partial charge in [0.1, 0.15) is 11.5 Å². The molecule has 120 valence electrons. The molecule has 2 aromatic carbocycles. The van der Waals surface area contributed by atoms with Crippen molar-refractivity contribution in [3.63, 3.8) is 0 Å². The number of para-hydroxylation sites is 1. The lowest BCUT2D eigenvalue weighted by Crippen LogP contribution is -2.11. The van der Waals surface area contributed by atoms with Crippen LogP contribution in [0, 0.1) is 0 Å². The van der Waals surface area contributed by atoms with Gasteiger partial charge in [-0.2, -0.15) is 0 Å². The highest BCUT2D eigenvalue weighted by molar-refractivity contribution is 7.16. The fraction of sp³-hybridized carbons (Fsp3) is 0.158. The minimum Gasteiger partial charge on any atom is -0.457 e. The fourth-order valence-corrected chi connectivity index (χ4v) is 3.76. The molecule has 0 bridgehead atoms. The maximum Gasteiger partial charge on any atom is 0.257 e. The van der Waals surface area contributed by atoms with Gasteiger partial charge in [0.05, 0.1) is 5.69 Å². The van der Waals surface area contributed by atoms with Crippen molar-refractivity contribution in [3.8, 4) is 11.5 Å². The first-order valence-corrected chi connectivity index (χ1v) is 8.72. The molecule has 0 aliphatic heterocycles. The van der Waals surface area contributed by atoms with Gasteiger partial charge in [-0.05, 0) is 55.7 Å². The van der Waals surface area contributed by atoms with Crippen LogP contribution < -0.4 is 10.1 Å². The predicted octanol–water partition coefficient (Wildman–Crippen LogP) is 4.68. The molecule has 4 rings (SSSR count). The van der Waals surface area contributed by atoms with Gasteiger partial charge in [0.25, 0.3) is 5.91 Å². The van der Waals surface area contributed by atoms with Gasteiger partial charge in [0.2, 0.25) is 0 Å². The number of rotatable bonds is 4. The van der Waals surface area contributed by atoms with E-state index >= 15 is 0 Å². The number of hydrogen-bond acceptors (Lipinski definition) is 4. The third-order valence-electron chi connectivity index (χ3n) is 3.91. The molecule has 1 aromatic heterocycles. The molecular weight excluding hydrogens is 320 g/mol. The highest BCUT2D eigenvalue weighted by Gasteiger charge is 2.18. The van der Waals surface area contributed by atoms with Gasteiger partial charge in [0.15, 0.2) is 5.13 Å². The van der Waals surface area contributed by atoms with E-state index in [-0.39, 0.29) is 5.91 Å². The van der Waals surface area contributed by atoms with Crippen molar-refractivity contribution in [1.82, 2.24) is 4.98 Å². The summed E-state index contributed by atoms with van der Waals surface area (Å²) in [5.74, 6) is 1.33. The highest BCUT2D eigenvalue weighted by atomic mass is 32.1. The molecule has 0 fully saturated rings. The van der Waals surface area contributed by atoms with Crippen LogP contribution in [0.15, 0.2) is 54.6 Å². The van der Waals surface area contributed by atoms with Crippen LogP contribution in [-0.2, 0) is 12.8 Å². The number of fused-ring (bicyclic) bond motifs is 1. The molecule has 4 nitrogen and oxygen atoms in total. The van der Waals surface area contributed by atoms with Crippen LogP contribution in [0.2, 0.25) is 0 Å². The van der Waals surface area contributed by atoms with Crippen molar-refractivity contribution < 1.29 is 9.53 Å². The Hall–Kier alpha value is -2.66. The number of nitrogens with zero attached hydrogens (tertiary/aromatic N) is 1. The number of hydrogen-bond donors (Lipinski definition) is 1. The van der Waals surface area contributed by atoms with Crippen molar-refractivity contribution in [1.29, 1.82) is 0 Å². The zero-order valence-corrected chi connectivity index (χ0v) is 13.8. The van der Waals surface area contributed by atoms with Gasteiger partial charge in [0, 0.05) is 10.4 Å². The monoisotopic (exact) mass is 336 g/mol. The van der Waals surface area contributed by atoms with E-state index in [0.717, 1.165) is 24.3 Å². The summed E-state index contributed by atoms with van der Waals surface area (Å²) in [5.41, 5.74) is 1.73. The van der Waals surface area contributed by atoms with E-state index in [2.05, 4.69) is 10.3 Å². The summed E-state index contributed by atoms with van der Waals surface area (Å²) in [6.07, 6.45) is 3.27. The molecule has 0 saturated heterocycles. The van der Waals surface area contributed by atoms with E-state index in [1.54, 1.807) is 35.6 Å². The lowest BCUT2D eigenvalue weighted by atomic mass is 10.2. The van der Waals surface area contributed by atoms with Crippen molar-refractivity contribution in [3.05, 3.63) is 70.7 Å². The van der Waals surface area contributed by atoms with E-state index in [0.29, 0.717) is 16.4 Å². The van der Waals surface area contributed by atoms with Gasteiger partial charge in [-0.15, -0.1) is 11.3 Å². The molecule has 0 unspecified atom stereocenters. The number of anilines is 1. The quantitative estimate of drug-likeness (QED) is 0.753. The van der Waals surface area contributed by atoms with Crippen molar-refractivity contribution >= 4 is 22.4 Å². The summed E-state index contributed by atoms with van der Waals surface area (Å²) in [6.45, 7) is 0. The summed E-state index contributed by atoms with van der Waals surface area (Å²) in [5, 5.41) is 3.57. The Labute approximate surface area is 144 Å². The lowest BCUT2D eigenvalue weighted by molar-refractivity contribution is 0.102. The number of aryl methyl sites for hydroxylation is 2. The first kappa shape index (κ1) is 14.9. The second-order valence-electron chi connectivity index (χ2n) is 5.64. The number of amides is 1. The fourth-order valence-electron chi connectivity index (χ4n) is 2.71. The van der Waals surface area contributed by atoms with E-state index < -0.39 is 0 Å². The topological polar surface area (TPSA) is 51.2 Å². The second kappa shape index (κ2) is 6.45. The Morgan fingerprint density at radius 2 is 1.75 bits per heavy atom. The largest absolute Gasteiger partial charge is 0.457 e. The molecule has 1 amide bonds. The standard InChI is InChI=1S/C19H16N2O2S/c22-18(21-19-20-16-7-4-8-17(16)24-19)13-9-11-15(12-10-13)23-14-5-2-1-3-6-14/h1-3,5-6,9-12H,4,7-8H2,(H,20,21,22). The van der Waals surface area contributed by atoms with E-state index in [9.17, 15) is 4.79 Å². The molecule has 1 aliphatic carbocycles. The maximum atomic E-state index is 12.3. The molecular formula is C19H16N2O2S. The number of benzene rings is 2. The van der Waals surface area contributed by atoms with Crippen LogP contribution in [-0.4, -0.2) is 10.9 Å². The SMILES string of the molecule is O=C(Nc1nc2c(s1)CCC2)c1ccc(Oc2ccccc2)cc1. The third-order valence-corrected chi connectivity index (χ3v) is 4.98. The van der Waals surface area contributed by atoms with Crippen molar-refractivity contribution in [2.75, 3.05) is 5.32 Å². The zero-order chi connectivity index (χ0) is 16.4. The van der Waals surface area contributed by atoms with E-state index in [1.165, 1.54) is 11.3 Å². The van der Waals surface area contributed by atoms with Gasteiger partial charge in [-0.3, -0.25) is 10.1 Å². The van der Waals surface area contributed by atoms with Crippen molar-refractivity contribution in [2.24, 2.45) is 0 Å². The smallest absolute Gasteiger partial charge is 0.257 e. The van der Waals surface area contributed by atoms with Gasteiger partial charge < -0.3 is 4.74 Å². The van der Waals surface area contributed by atoms with Crippen LogP contribution in [0.1, 0.15) is 27.3 Å². The normalized spacial score (nSPS) is 12.7. The summed E-state index contributed by atoms with van der Waals surface area (Å²) in [6, 6.07) is 16.7. The van der Waals surface area contributed by atoms with E-state index in [1.807, 2.05) is 30.3 Å². The van der Waals surface area contributed by atoms with Crippen LogP contribution in [0.4, 0.5) is 5.13 Å². The van der Waals surface area contributed by atoms with Crippen LogP contribution >= 0.6 is 11.3 Å². The molecule has 1 heterocycles. The molecule has 1 aliphatic rings. The molecule has 24 heavy (non-hydrogen) atoms. The third kappa shape index (κ3) is 3.16. The molecule has 0 spiro atoms. The average molecular weight is 336 g/mol. The number of carbonyl (C=O) groups excluding carboxylic acids is 1. The minimum atomic E-state index is -0.145. The first-order valence-electron chi connectivity index (χ1n) is 7.91. The number of nitrogens with one attached hydrogen (secondary N) is 1. The average Bonchev–Trinajstić information content (AvgIpc) is 3.18. The Morgan fingerprint density at radius 3 is 2.50 bits per heavy atom. The maximum absolute atomic E-state index is 12.3. The summed E-state index contributed by atoms with van der Waals surface area (Å²) in [4.78, 5) is 18.1. The highest BCUT2D eigenvalue weighted by Crippen LogP contribution is 2.30. The van der Waals surface area contributed by atoms with Crippen LogP contribution in [0.5, 0.6) is 11.5 Å². The molecule has 0 radical (unpaired) electrons. The molecule has 0 saturated carbocycles. The Bertz CT molecular complexity index is 835. The van der Waals surface area contributed by atoms with Gasteiger partial charge >= 0.3 is 0 Å².